The van der Waals surface area contributed by atoms with E-state index in [1.807, 2.05) is 12.1 Å². The zero-order valence-electron chi connectivity index (χ0n) is 28.8. The summed E-state index contributed by atoms with van der Waals surface area (Å²) in [5.41, 5.74) is 10.9. The second-order valence-corrected chi connectivity index (χ2v) is 16.8. The van der Waals surface area contributed by atoms with Gasteiger partial charge in [-0.15, -0.1) is 0 Å². The van der Waals surface area contributed by atoms with Crippen LogP contribution in [0.4, 0.5) is 0 Å². The van der Waals surface area contributed by atoms with Gasteiger partial charge in [0.15, 0.2) is 0 Å². The lowest BCUT2D eigenvalue weighted by molar-refractivity contribution is 0.375. The summed E-state index contributed by atoms with van der Waals surface area (Å²) in [5, 5.41) is 0. The second-order valence-electron chi connectivity index (χ2n) is 16.1. The van der Waals surface area contributed by atoms with E-state index in [1.165, 1.54) is 22.3 Å². The molecule has 4 heteroatoms. The molecule has 4 rings (SSSR count). The minimum Gasteiger partial charge on any atom is -0.426 e. The first kappa shape index (κ1) is 33.9. The molecule has 0 aliphatic rings. The molecule has 4 aromatic rings. The van der Waals surface area contributed by atoms with Gasteiger partial charge in [-0.1, -0.05) is 156 Å². The molecule has 3 nitrogen and oxygen atoms in total. The first-order valence-electron chi connectivity index (χ1n) is 15.6. The first-order valence-corrected chi connectivity index (χ1v) is 16.7. The Balaban J connectivity index is 2.23. The smallest absolute Gasteiger partial charge is 0.391 e. The highest BCUT2D eigenvalue weighted by atomic mass is 31.2. The van der Waals surface area contributed by atoms with Crippen LogP contribution in [0.2, 0.25) is 0 Å². The van der Waals surface area contributed by atoms with Crippen molar-refractivity contribution in [1.29, 1.82) is 0 Å². The standard InChI is InChI=1S/C40H51O3P/c1-37(2,3)27-18-20-29(32(24-27)39(7,8)9)30-22-23-34(43-44(41)42)36(35(30)26-16-14-13-15-17-26)31-21-19-28(38(4,5)6)25-33(31)40(10,11)12/h13-25,41-42H,1-12H3. The summed E-state index contributed by atoms with van der Waals surface area (Å²) >= 11 is 0. The van der Waals surface area contributed by atoms with E-state index in [2.05, 4.69) is 150 Å². The maximum absolute atomic E-state index is 10.2. The summed E-state index contributed by atoms with van der Waals surface area (Å²) < 4.78 is 5.86. The Labute approximate surface area is 267 Å². The molecule has 0 saturated carbocycles. The van der Waals surface area contributed by atoms with Crippen molar-refractivity contribution in [3.63, 3.8) is 0 Å². The molecule has 44 heavy (non-hydrogen) atoms. The van der Waals surface area contributed by atoms with Crippen molar-refractivity contribution in [2.75, 3.05) is 0 Å². The summed E-state index contributed by atoms with van der Waals surface area (Å²) in [6.07, 6.45) is 0. The van der Waals surface area contributed by atoms with E-state index in [0.717, 1.165) is 33.4 Å². The molecule has 0 aliphatic carbocycles. The predicted octanol–water partition coefficient (Wildman–Crippen LogP) is 11.5. The number of hydrogen-bond acceptors (Lipinski definition) is 3. The summed E-state index contributed by atoms with van der Waals surface area (Å²) in [7, 11) is -2.63. The summed E-state index contributed by atoms with van der Waals surface area (Å²) in [6, 6.07) is 28.0. The van der Waals surface area contributed by atoms with Gasteiger partial charge in [0.05, 0.1) is 0 Å². The third-order valence-electron chi connectivity index (χ3n) is 8.36. The van der Waals surface area contributed by atoms with Crippen LogP contribution in [0, 0.1) is 0 Å². The highest BCUT2D eigenvalue weighted by molar-refractivity contribution is 7.39. The highest BCUT2D eigenvalue weighted by Gasteiger charge is 2.30. The third kappa shape index (κ3) is 7.28. The number of hydrogen-bond donors (Lipinski definition) is 2. The molecule has 0 heterocycles. The fourth-order valence-corrected chi connectivity index (χ4v) is 6.19. The van der Waals surface area contributed by atoms with Gasteiger partial charge in [-0.3, -0.25) is 0 Å². The molecule has 0 saturated heterocycles. The lowest BCUT2D eigenvalue weighted by atomic mass is 9.74. The van der Waals surface area contributed by atoms with Crippen LogP contribution >= 0.6 is 8.60 Å². The molecule has 0 amide bonds. The van der Waals surface area contributed by atoms with Gasteiger partial charge in [0.1, 0.15) is 5.75 Å². The fourth-order valence-electron chi connectivity index (χ4n) is 5.86. The Morgan fingerprint density at radius 3 is 1.39 bits per heavy atom. The molecule has 0 spiro atoms. The molecule has 0 unspecified atom stereocenters. The second kappa shape index (κ2) is 12.1. The van der Waals surface area contributed by atoms with Crippen LogP contribution in [0.5, 0.6) is 5.75 Å². The van der Waals surface area contributed by atoms with Gasteiger partial charge in [-0.25, -0.2) is 0 Å². The van der Waals surface area contributed by atoms with E-state index in [9.17, 15) is 9.79 Å². The Bertz CT molecular complexity index is 1620. The maximum atomic E-state index is 10.2. The molecular formula is C40H51O3P. The molecule has 0 atom stereocenters. The maximum Gasteiger partial charge on any atom is 0.391 e. The average molecular weight is 611 g/mol. The van der Waals surface area contributed by atoms with Crippen molar-refractivity contribution in [2.45, 2.75) is 105 Å². The van der Waals surface area contributed by atoms with E-state index in [0.29, 0.717) is 5.75 Å². The molecule has 2 N–H and O–H groups in total. The first-order chi connectivity index (χ1) is 20.2. The molecule has 234 valence electrons. The van der Waals surface area contributed by atoms with Crippen LogP contribution in [0.1, 0.15) is 105 Å². The number of benzene rings is 4. The van der Waals surface area contributed by atoms with Crippen LogP contribution < -0.4 is 4.52 Å². The van der Waals surface area contributed by atoms with Gasteiger partial charge in [0, 0.05) is 11.1 Å². The van der Waals surface area contributed by atoms with Crippen LogP contribution in [0.25, 0.3) is 33.4 Å². The summed E-state index contributed by atoms with van der Waals surface area (Å²) in [6.45, 7) is 27.0. The van der Waals surface area contributed by atoms with Crippen molar-refractivity contribution in [3.8, 4) is 39.1 Å². The van der Waals surface area contributed by atoms with Gasteiger partial charge in [0.25, 0.3) is 0 Å². The van der Waals surface area contributed by atoms with Crippen molar-refractivity contribution in [2.24, 2.45) is 0 Å². The van der Waals surface area contributed by atoms with Gasteiger partial charge >= 0.3 is 8.60 Å². The average Bonchev–Trinajstić information content (AvgIpc) is 2.90. The molecule has 0 aromatic heterocycles. The van der Waals surface area contributed by atoms with Gasteiger partial charge in [-0.2, -0.15) is 0 Å². The largest absolute Gasteiger partial charge is 0.426 e. The van der Waals surface area contributed by atoms with E-state index in [4.69, 9.17) is 4.52 Å². The lowest BCUT2D eigenvalue weighted by Gasteiger charge is -2.31. The van der Waals surface area contributed by atoms with E-state index in [1.54, 1.807) is 0 Å². The van der Waals surface area contributed by atoms with Crippen LogP contribution in [-0.2, 0) is 21.7 Å². The highest BCUT2D eigenvalue weighted by Crippen LogP contribution is 2.51. The predicted molar refractivity (Wildman–Crippen MR) is 190 cm³/mol. The minimum absolute atomic E-state index is 0.0134. The van der Waals surface area contributed by atoms with Crippen molar-refractivity contribution in [3.05, 3.63) is 101 Å². The molecule has 0 aliphatic heterocycles. The van der Waals surface area contributed by atoms with Gasteiger partial charge < -0.3 is 14.3 Å². The normalized spacial score (nSPS) is 13.0. The Morgan fingerprint density at radius 1 is 0.477 bits per heavy atom. The quantitative estimate of drug-likeness (QED) is 0.221. The lowest BCUT2D eigenvalue weighted by Crippen LogP contribution is -2.18. The molecule has 0 fully saturated rings. The van der Waals surface area contributed by atoms with E-state index >= 15 is 0 Å². The molecule has 0 radical (unpaired) electrons. The summed E-state index contributed by atoms with van der Waals surface area (Å²) in [5.74, 6) is 0.460. The SMILES string of the molecule is CC(C)(C)c1ccc(-c2ccc(OP(O)O)c(-c3ccc(C(C)(C)C)cc3C(C)(C)C)c2-c2ccccc2)c(C(C)(C)C)c1. The molecular weight excluding hydrogens is 559 g/mol. The van der Waals surface area contributed by atoms with Gasteiger partial charge in [-0.05, 0) is 72.2 Å². The van der Waals surface area contributed by atoms with Crippen LogP contribution in [-0.4, -0.2) is 9.79 Å². The molecule has 0 bridgehead atoms. The van der Waals surface area contributed by atoms with Crippen molar-refractivity contribution in [1.82, 2.24) is 0 Å². The van der Waals surface area contributed by atoms with Crippen LogP contribution in [0.15, 0.2) is 78.9 Å². The van der Waals surface area contributed by atoms with Crippen LogP contribution in [0.3, 0.4) is 0 Å². The third-order valence-corrected chi connectivity index (χ3v) is 8.72. The number of rotatable bonds is 5. The Morgan fingerprint density at radius 2 is 0.932 bits per heavy atom. The van der Waals surface area contributed by atoms with E-state index in [-0.39, 0.29) is 21.7 Å². The minimum atomic E-state index is -2.63. The van der Waals surface area contributed by atoms with Gasteiger partial charge in [0.2, 0.25) is 0 Å². The van der Waals surface area contributed by atoms with Crippen molar-refractivity contribution < 1.29 is 14.3 Å². The van der Waals surface area contributed by atoms with E-state index < -0.39 is 8.60 Å². The Hall–Kier alpha value is -2.97. The van der Waals surface area contributed by atoms with Crippen molar-refractivity contribution >= 4 is 8.60 Å². The zero-order valence-corrected chi connectivity index (χ0v) is 29.6. The fraction of sp³-hybridized carbons (Fsp3) is 0.400. The summed E-state index contributed by atoms with van der Waals surface area (Å²) in [4.78, 5) is 20.3. The topological polar surface area (TPSA) is 49.7 Å². The monoisotopic (exact) mass is 610 g/mol. The Kier molecular flexibility index (Phi) is 9.32. The molecule has 4 aromatic carbocycles. The zero-order chi connectivity index (χ0) is 32.8.